The first-order chi connectivity index (χ1) is 8.89. The van der Waals surface area contributed by atoms with Crippen molar-refractivity contribution in [3.05, 3.63) is 0 Å². The molecule has 0 bridgehead atoms. The Morgan fingerprint density at radius 1 is 1.47 bits per heavy atom. The molecule has 1 N–H and O–H groups in total. The molecule has 0 amide bonds. The predicted octanol–water partition coefficient (Wildman–Crippen LogP) is -0.649. The van der Waals surface area contributed by atoms with Crippen LogP contribution in [0.15, 0.2) is 0 Å². The van der Waals surface area contributed by atoms with Gasteiger partial charge in [-0.25, -0.2) is 8.42 Å². The smallest absolute Gasteiger partial charge is 0.305 e. The Bertz CT molecular complexity index is 396. The van der Waals surface area contributed by atoms with Gasteiger partial charge in [0.25, 0.3) is 0 Å². The molecule has 19 heavy (non-hydrogen) atoms. The molecule has 0 aliphatic carbocycles. The molecule has 7 nitrogen and oxygen atoms in total. The van der Waals surface area contributed by atoms with E-state index in [2.05, 4.69) is 4.74 Å². The zero-order valence-corrected chi connectivity index (χ0v) is 12.1. The third-order valence-corrected chi connectivity index (χ3v) is 4.79. The van der Waals surface area contributed by atoms with Gasteiger partial charge < -0.3 is 14.6 Å². The van der Waals surface area contributed by atoms with E-state index in [1.807, 2.05) is 0 Å². The lowest BCUT2D eigenvalue weighted by Crippen LogP contribution is -2.50. The first kappa shape index (κ1) is 16.4. The summed E-state index contributed by atoms with van der Waals surface area (Å²) in [5.74, 6) is -0.522. The van der Waals surface area contributed by atoms with Crippen LogP contribution in [0.4, 0.5) is 0 Å². The highest BCUT2D eigenvalue weighted by Crippen LogP contribution is 2.16. The summed E-state index contributed by atoms with van der Waals surface area (Å²) in [6.07, 6.45) is -0.427. The minimum Gasteiger partial charge on any atom is -0.469 e. The maximum absolute atomic E-state index is 12.1. The van der Waals surface area contributed by atoms with Crippen LogP contribution in [0.3, 0.4) is 0 Å². The lowest BCUT2D eigenvalue weighted by atomic mass is 10.2. The summed E-state index contributed by atoms with van der Waals surface area (Å²) in [6.45, 7) is 1.98. The topological polar surface area (TPSA) is 93.1 Å². The average Bonchev–Trinajstić information content (AvgIpc) is 2.37. The molecule has 0 aromatic heterocycles. The predicted molar refractivity (Wildman–Crippen MR) is 68.0 cm³/mol. The third kappa shape index (κ3) is 5.06. The summed E-state index contributed by atoms with van der Waals surface area (Å²) in [5.41, 5.74) is 0. The normalized spacial score (nSPS) is 25.2. The maximum Gasteiger partial charge on any atom is 0.305 e. The molecule has 0 radical (unpaired) electrons. The summed E-state index contributed by atoms with van der Waals surface area (Å²) in [4.78, 5) is 10.9. The Morgan fingerprint density at radius 2 is 2.16 bits per heavy atom. The average molecular weight is 295 g/mol. The van der Waals surface area contributed by atoms with Crippen LogP contribution in [0.5, 0.6) is 0 Å². The minimum absolute atomic E-state index is 0.0824. The second-order valence-electron chi connectivity index (χ2n) is 4.56. The number of ether oxygens (including phenoxy) is 2. The van der Waals surface area contributed by atoms with Crippen LogP contribution in [0, 0.1) is 0 Å². The number of esters is 1. The summed E-state index contributed by atoms with van der Waals surface area (Å²) < 4.78 is 35.4. The number of sulfonamides is 1. The van der Waals surface area contributed by atoms with Crippen molar-refractivity contribution in [2.24, 2.45) is 0 Å². The number of methoxy groups -OCH3 is 1. The number of hydrogen-bond donors (Lipinski definition) is 1. The molecule has 1 saturated heterocycles. The number of nitrogens with zero attached hydrogens (tertiary/aromatic N) is 1. The summed E-state index contributed by atoms with van der Waals surface area (Å²) >= 11 is 0. The van der Waals surface area contributed by atoms with Crippen molar-refractivity contribution in [3.8, 4) is 0 Å². The second kappa shape index (κ2) is 7.18. The molecule has 112 valence electrons. The molecule has 1 aliphatic rings. The molecule has 2 atom stereocenters. The molecule has 2 unspecified atom stereocenters. The van der Waals surface area contributed by atoms with Crippen LogP contribution < -0.4 is 0 Å². The quantitative estimate of drug-likeness (QED) is 0.655. The third-order valence-electron chi connectivity index (χ3n) is 2.90. The fourth-order valence-electron chi connectivity index (χ4n) is 1.96. The highest BCUT2D eigenvalue weighted by Gasteiger charge is 2.32. The van der Waals surface area contributed by atoms with E-state index in [0.717, 1.165) is 0 Å². The second-order valence-corrected chi connectivity index (χ2v) is 6.65. The molecule has 1 aliphatic heterocycles. The minimum atomic E-state index is -3.43. The highest BCUT2D eigenvalue weighted by molar-refractivity contribution is 7.89. The Labute approximate surface area is 113 Å². The molecule has 0 aromatic rings. The first-order valence-corrected chi connectivity index (χ1v) is 7.81. The van der Waals surface area contributed by atoms with Crippen molar-refractivity contribution in [1.29, 1.82) is 0 Å². The summed E-state index contributed by atoms with van der Waals surface area (Å²) in [5, 5.41) is 9.07. The van der Waals surface area contributed by atoms with Crippen molar-refractivity contribution >= 4 is 16.0 Å². The first-order valence-electron chi connectivity index (χ1n) is 6.20. The Hall–Kier alpha value is -0.700. The molecule has 1 fully saturated rings. The molecule has 0 spiro atoms. The van der Waals surface area contributed by atoms with Gasteiger partial charge in [0.1, 0.15) is 0 Å². The van der Waals surface area contributed by atoms with Crippen molar-refractivity contribution < 1.29 is 27.8 Å². The molecule has 0 saturated carbocycles. The van der Waals surface area contributed by atoms with Gasteiger partial charge in [-0.15, -0.1) is 0 Å². The molecule has 1 heterocycles. The van der Waals surface area contributed by atoms with Crippen LogP contribution in [0.2, 0.25) is 0 Å². The lowest BCUT2D eigenvalue weighted by Gasteiger charge is -2.35. The Morgan fingerprint density at radius 3 is 2.74 bits per heavy atom. The van der Waals surface area contributed by atoms with E-state index in [1.165, 1.54) is 11.4 Å². The van der Waals surface area contributed by atoms with Gasteiger partial charge in [0, 0.05) is 19.5 Å². The van der Waals surface area contributed by atoms with Gasteiger partial charge in [0.2, 0.25) is 10.0 Å². The van der Waals surface area contributed by atoms with Crippen LogP contribution in [-0.2, 0) is 24.3 Å². The van der Waals surface area contributed by atoms with E-state index in [-0.39, 0.29) is 44.4 Å². The SMILES string of the molecule is COC(=O)CCCS(=O)(=O)N1CC(C)OC(CO)C1. The molecule has 0 aromatic carbocycles. The molecular formula is C11H21NO6S. The fourth-order valence-corrected chi connectivity index (χ4v) is 3.56. The zero-order chi connectivity index (χ0) is 14.5. The molecule has 8 heteroatoms. The Kier molecular flexibility index (Phi) is 6.18. The number of rotatable bonds is 6. The van der Waals surface area contributed by atoms with E-state index in [4.69, 9.17) is 9.84 Å². The van der Waals surface area contributed by atoms with Crippen LogP contribution >= 0.6 is 0 Å². The van der Waals surface area contributed by atoms with Gasteiger partial charge in [-0.3, -0.25) is 4.79 Å². The zero-order valence-electron chi connectivity index (χ0n) is 11.2. The fraction of sp³-hybridized carbons (Fsp3) is 0.909. The van der Waals surface area contributed by atoms with Crippen LogP contribution in [0.25, 0.3) is 0 Å². The number of carbonyl (C=O) groups excluding carboxylic acids is 1. The van der Waals surface area contributed by atoms with Crippen molar-refractivity contribution in [2.75, 3.05) is 32.6 Å². The van der Waals surface area contributed by atoms with E-state index in [0.29, 0.717) is 0 Å². The van der Waals surface area contributed by atoms with Gasteiger partial charge >= 0.3 is 5.97 Å². The van der Waals surface area contributed by atoms with Gasteiger partial charge in [0.05, 0.1) is 31.7 Å². The van der Waals surface area contributed by atoms with Crippen molar-refractivity contribution in [3.63, 3.8) is 0 Å². The van der Waals surface area contributed by atoms with E-state index in [9.17, 15) is 13.2 Å². The van der Waals surface area contributed by atoms with Crippen molar-refractivity contribution in [1.82, 2.24) is 4.31 Å². The van der Waals surface area contributed by atoms with Crippen molar-refractivity contribution in [2.45, 2.75) is 32.0 Å². The van der Waals surface area contributed by atoms with Gasteiger partial charge in [0.15, 0.2) is 0 Å². The maximum atomic E-state index is 12.1. The van der Waals surface area contributed by atoms with E-state index >= 15 is 0 Å². The van der Waals surface area contributed by atoms with Gasteiger partial charge in [-0.1, -0.05) is 0 Å². The standard InChI is InChI=1S/C11H21NO6S/c1-9-6-12(7-10(8-13)18-9)19(15,16)5-3-4-11(14)17-2/h9-10,13H,3-8H2,1-2H3. The number of aliphatic hydroxyl groups is 1. The number of carbonyl (C=O) groups is 1. The summed E-state index contributed by atoms with van der Waals surface area (Å²) in [7, 11) is -2.16. The molecule has 1 rings (SSSR count). The highest BCUT2D eigenvalue weighted by atomic mass is 32.2. The summed E-state index contributed by atoms with van der Waals surface area (Å²) in [6, 6.07) is 0. The lowest BCUT2D eigenvalue weighted by molar-refractivity contribution is -0.140. The molecular weight excluding hydrogens is 274 g/mol. The van der Waals surface area contributed by atoms with Gasteiger partial charge in [-0.05, 0) is 13.3 Å². The number of hydrogen-bond acceptors (Lipinski definition) is 6. The van der Waals surface area contributed by atoms with Gasteiger partial charge in [-0.2, -0.15) is 4.31 Å². The van der Waals surface area contributed by atoms with E-state index < -0.39 is 22.1 Å². The largest absolute Gasteiger partial charge is 0.469 e. The van der Waals surface area contributed by atoms with Crippen LogP contribution in [-0.4, -0.2) is 68.6 Å². The monoisotopic (exact) mass is 295 g/mol. The number of aliphatic hydroxyl groups excluding tert-OH is 1. The van der Waals surface area contributed by atoms with Crippen LogP contribution in [0.1, 0.15) is 19.8 Å². The Balaban J connectivity index is 2.53. The van der Waals surface area contributed by atoms with E-state index in [1.54, 1.807) is 6.92 Å². The number of morpholine rings is 1.